The number of ketones is 1. The summed E-state index contributed by atoms with van der Waals surface area (Å²) in [5.41, 5.74) is 5.26. The Balaban J connectivity index is 1.43. The minimum atomic E-state index is -0.444. The molecule has 1 unspecified atom stereocenters. The number of halogens is 1. The maximum Gasteiger partial charge on any atom is 0.227 e. The van der Waals surface area contributed by atoms with E-state index in [1.165, 1.54) is 23.4 Å². The van der Waals surface area contributed by atoms with Crippen LogP contribution in [-0.4, -0.2) is 25.1 Å². The topological polar surface area (TPSA) is 64.7 Å². The molecule has 0 fully saturated rings. The van der Waals surface area contributed by atoms with Gasteiger partial charge in [0.05, 0.1) is 0 Å². The second-order valence-corrected chi connectivity index (χ2v) is 10.3. The minimum absolute atomic E-state index is 0.0263. The SMILES string of the molecule is CC(=O)C1=C(C)Nc2nc(SCc3ccccc3F)nn2C1c1cn(Cc2ccccc2)c2ccccc12. The van der Waals surface area contributed by atoms with E-state index in [9.17, 15) is 9.18 Å². The molecule has 190 valence electrons. The Morgan fingerprint density at radius 1 is 1.03 bits per heavy atom. The van der Waals surface area contributed by atoms with Crippen LogP contribution in [-0.2, 0) is 17.1 Å². The quantitative estimate of drug-likeness (QED) is 0.244. The zero-order valence-corrected chi connectivity index (χ0v) is 21.9. The number of para-hydroxylation sites is 1. The molecule has 3 aromatic carbocycles. The summed E-state index contributed by atoms with van der Waals surface area (Å²) >= 11 is 1.37. The van der Waals surface area contributed by atoms with Crippen molar-refractivity contribution in [3.05, 3.63) is 119 Å². The predicted molar refractivity (Wildman–Crippen MR) is 149 cm³/mol. The van der Waals surface area contributed by atoms with Crippen molar-refractivity contribution in [2.45, 2.75) is 37.3 Å². The summed E-state index contributed by atoms with van der Waals surface area (Å²) in [5.74, 6) is 0.695. The number of aromatic nitrogens is 4. The number of anilines is 1. The van der Waals surface area contributed by atoms with Gasteiger partial charge >= 0.3 is 0 Å². The zero-order valence-electron chi connectivity index (χ0n) is 21.1. The van der Waals surface area contributed by atoms with E-state index >= 15 is 0 Å². The summed E-state index contributed by atoms with van der Waals surface area (Å²) in [6.07, 6.45) is 2.13. The lowest BCUT2D eigenvalue weighted by Crippen LogP contribution is -2.27. The fraction of sp³-hybridized carbons (Fsp3) is 0.167. The molecule has 0 amide bonds. The Labute approximate surface area is 224 Å². The Kier molecular flexibility index (Phi) is 6.33. The lowest BCUT2D eigenvalue weighted by Gasteiger charge is -2.27. The summed E-state index contributed by atoms with van der Waals surface area (Å²) in [5, 5.41) is 9.66. The van der Waals surface area contributed by atoms with Crippen LogP contribution in [0, 0.1) is 5.82 Å². The van der Waals surface area contributed by atoms with Gasteiger partial charge in [0, 0.05) is 46.2 Å². The van der Waals surface area contributed by atoms with E-state index in [0.717, 1.165) is 22.2 Å². The summed E-state index contributed by atoms with van der Waals surface area (Å²) in [6, 6.07) is 24.8. The van der Waals surface area contributed by atoms with Crippen LogP contribution in [0.25, 0.3) is 10.9 Å². The highest BCUT2D eigenvalue weighted by Gasteiger charge is 2.34. The van der Waals surface area contributed by atoms with Crippen molar-refractivity contribution in [3.63, 3.8) is 0 Å². The molecule has 0 saturated heterocycles. The molecule has 1 aliphatic rings. The van der Waals surface area contributed by atoms with Gasteiger partial charge in [0.15, 0.2) is 5.78 Å². The van der Waals surface area contributed by atoms with Gasteiger partial charge < -0.3 is 9.88 Å². The molecule has 0 aliphatic carbocycles. The van der Waals surface area contributed by atoms with Gasteiger partial charge in [0.25, 0.3) is 0 Å². The van der Waals surface area contributed by atoms with Gasteiger partial charge in [0.1, 0.15) is 11.9 Å². The highest BCUT2D eigenvalue weighted by Crippen LogP contribution is 2.40. The van der Waals surface area contributed by atoms with E-state index < -0.39 is 6.04 Å². The van der Waals surface area contributed by atoms with Gasteiger partial charge in [-0.15, -0.1) is 5.10 Å². The largest absolute Gasteiger partial charge is 0.343 e. The summed E-state index contributed by atoms with van der Waals surface area (Å²) in [4.78, 5) is 17.7. The van der Waals surface area contributed by atoms with Gasteiger partial charge in [-0.25, -0.2) is 9.07 Å². The molecule has 38 heavy (non-hydrogen) atoms. The zero-order chi connectivity index (χ0) is 26.2. The number of hydrogen-bond acceptors (Lipinski definition) is 5. The van der Waals surface area contributed by atoms with Crippen molar-refractivity contribution in [1.82, 2.24) is 19.3 Å². The first-order valence-corrected chi connectivity index (χ1v) is 13.4. The summed E-state index contributed by atoms with van der Waals surface area (Å²) in [7, 11) is 0. The second kappa shape index (κ2) is 9.95. The molecule has 1 aliphatic heterocycles. The van der Waals surface area contributed by atoms with E-state index in [2.05, 4.69) is 40.3 Å². The monoisotopic (exact) mass is 523 g/mol. The van der Waals surface area contributed by atoms with Crippen LogP contribution in [0.4, 0.5) is 10.3 Å². The van der Waals surface area contributed by atoms with Crippen LogP contribution in [0.1, 0.15) is 36.6 Å². The number of rotatable bonds is 7. The number of nitrogens with zero attached hydrogens (tertiary/aromatic N) is 4. The number of thioether (sulfide) groups is 1. The second-order valence-electron chi connectivity index (χ2n) is 9.38. The number of carbonyl (C=O) groups excluding carboxylic acids is 1. The van der Waals surface area contributed by atoms with Gasteiger partial charge in [-0.2, -0.15) is 4.98 Å². The Morgan fingerprint density at radius 3 is 2.55 bits per heavy atom. The molecule has 0 spiro atoms. The molecule has 1 N–H and O–H groups in total. The van der Waals surface area contributed by atoms with Gasteiger partial charge in [-0.3, -0.25) is 4.79 Å². The number of allylic oxidation sites excluding steroid dienone is 2. The van der Waals surface area contributed by atoms with Crippen LogP contribution < -0.4 is 5.32 Å². The van der Waals surface area contributed by atoms with E-state index in [1.807, 2.05) is 43.3 Å². The third-order valence-corrected chi connectivity index (χ3v) is 7.72. The van der Waals surface area contributed by atoms with E-state index in [-0.39, 0.29) is 11.6 Å². The van der Waals surface area contributed by atoms with Crippen molar-refractivity contribution in [1.29, 1.82) is 0 Å². The van der Waals surface area contributed by atoms with Crippen molar-refractivity contribution in [3.8, 4) is 0 Å². The van der Waals surface area contributed by atoms with Crippen LogP contribution in [0.3, 0.4) is 0 Å². The molecule has 0 radical (unpaired) electrons. The highest BCUT2D eigenvalue weighted by atomic mass is 32.2. The number of carbonyl (C=O) groups is 1. The molecule has 6 rings (SSSR count). The number of Topliss-reactive ketones (excluding diaryl/α,β-unsaturated/α-hetero) is 1. The minimum Gasteiger partial charge on any atom is -0.343 e. The van der Waals surface area contributed by atoms with Gasteiger partial charge in [-0.1, -0.05) is 78.5 Å². The average Bonchev–Trinajstić information content (AvgIpc) is 3.49. The Morgan fingerprint density at radius 2 is 1.76 bits per heavy atom. The molecule has 0 bridgehead atoms. The maximum absolute atomic E-state index is 14.2. The van der Waals surface area contributed by atoms with Gasteiger partial charge in [-0.05, 0) is 37.1 Å². The maximum atomic E-state index is 14.2. The van der Waals surface area contributed by atoms with Crippen LogP contribution in [0.2, 0.25) is 0 Å². The van der Waals surface area contributed by atoms with Gasteiger partial charge in [0.2, 0.25) is 11.1 Å². The fourth-order valence-corrected chi connectivity index (χ4v) is 5.91. The fourth-order valence-electron chi connectivity index (χ4n) is 5.10. The first kappa shape index (κ1) is 24.2. The molecule has 8 heteroatoms. The Bertz CT molecular complexity index is 1690. The molecular formula is C30H26FN5OS. The molecule has 3 heterocycles. The van der Waals surface area contributed by atoms with Crippen molar-refractivity contribution >= 4 is 34.4 Å². The Hall–Kier alpha value is -4.17. The van der Waals surface area contributed by atoms with Crippen LogP contribution in [0.15, 0.2) is 101 Å². The molecule has 2 aromatic heterocycles. The molecule has 6 nitrogen and oxygen atoms in total. The summed E-state index contributed by atoms with van der Waals surface area (Å²) in [6.45, 7) is 4.20. The third kappa shape index (κ3) is 4.41. The highest BCUT2D eigenvalue weighted by molar-refractivity contribution is 7.98. The average molecular weight is 524 g/mol. The first-order chi connectivity index (χ1) is 18.5. The number of benzene rings is 3. The number of nitrogens with one attached hydrogen (secondary N) is 1. The molecule has 0 saturated carbocycles. The number of hydrogen-bond donors (Lipinski definition) is 1. The van der Waals surface area contributed by atoms with Crippen molar-refractivity contribution < 1.29 is 9.18 Å². The smallest absolute Gasteiger partial charge is 0.227 e. The molecular weight excluding hydrogens is 497 g/mol. The lowest BCUT2D eigenvalue weighted by molar-refractivity contribution is -0.114. The predicted octanol–water partition coefficient (Wildman–Crippen LogP) is 6.59. The normalized spacial score (nSPS) is 15.0. The van der Waals surface area contributed by atoms with E-state index in [0.29, 0.717) is 34.5 Å². The third-order valence-electron chi connectivity index (χ3n) is 6.84. The van der Waals surface area contributed by atoms with Crippen LogP contribution >= 0.6 is 11.8 Å². The molecule has 5 aromatic rings. The standard InChI is InChI=1S/C30H26FN5OS/c1-19-27(20(2)37)28(36-29(32-19)33-30(34-36)38-18-22-12-6-8-14-25(22)31)24-17-35(16-21-10-4-3-5-11-21)26-15-9-7-13-23(24)26/h3-15,17,28H,16,18H2,1-2H3,(H,32,33,34). The first-order valence-electron chi connectivity index (χ1n) is 12.4. The van der Waals surface area contributed by atoms with Crippen LogP contribution in [0.5, 0.6) is 0 Å². The summed E-state index contributed by atoms with van der Waals surface area (Å²) < 4.78 is 18.2. The van der Waals surface area contributed by atoms with E-state index in [1.54, 1.807) is 23.7 Å². The van der Waals surface area contributed by atoms with Crippen molar-refractivity contribution in [2.75, 3.05) is 5.32 Å². The lowest BCUT2D eigenvalue weighted by atomic mass is 9.93. The van der Waals surface area contributed by atoms with Crippen molar-refractivity contribution in [2.24, 2.45) is 0 Å². The van der Waals surface area contributed by atoms with E-state index in [4.69, 9.17) is 10.1 Å². The molecule has 1 atom stereocenters. The number of fused-ring (bicyclic) bond motifs is 2.